The number of benzene rings is 2. The van der Waals surface area contributed by atoms with Crippen LogP contribution in [0.4, 0.5) is 14.5 Å². The number of methoxy groups -OCH3 is 1. The van der Waals surface area contributed by atoms with E-state index in [0.717, 1.165) is 0 Å². The Morgan fingerprint density at radius 1 is 1.23 bits per heavy atom. The predicted molar refractivity (Wildman–Crippen MR) is 107 cm³/mol. The Kier molecular flexibility index (Phi) is 7.55. The lowest BCUT2D eigenvalue weighted by Gasteiger charge is -2.27. The van der Waals surface area contributed by atoms with Gasteiger partial charge in [-0.3, -0.25) is 0 Å². The van der Waals surface area contributed by atoms with Gasteiger partial charge in [0.1, 0.15) is 11.8 Å². The van der Waals surface area contributed by atoms with Gasteiger partial charge in [-0.05, 0) is 48.9 Å². The second-order valence-electron chi connectivity index (χ2n) is 6.00. The minimum absolute atomic E-state index is 0.0490. The van der Waals surface area contributed by atoms with E-state index in [0.29, 0.717) is 10.8 Å². The SMILES string of the molecule is CCOC(=O)/C([N+]#N)=C(\O)C(F)(F)C(Nc1ccc(OC)cc1)c1ccc(Cl)cc1. The van der Waals surface area contributed by atoms with E-state index >= 15 is 8.78 Å². The summed E-state index contributed by atoms with van der Waals surface area (Å²) in [5.74, 6) is -6.70. The fraction of sp³-hybridized carbons (Fsp3) is 0.250. The van der Waals surface area contributed by atoms with Crippen molar-refractivity contribution in [3.8, 4) is 5.75 Å². The van der Waals surface area contributed by atoms with Crippen molar-refractivity contribution in [1.29, 1.82) is 5.39 Å². The molecule has 0 fully saturated rings. The van der Waals surface area contributed by atoms with Crippen LogP contribution in [0.3, 0.4) is 0 Å². The summed E-state index contributed by atoms with van der Waals surface area (Å²) in [4.78, 5) is 14.3. The third-order valence-corrected chi connectivity index (χ3v) is 4.33. The van der Waals surface area contributed by atoms with Crippen molar-refractivity contribution in [1.82, 2.24) is 0 Å². The number of aliphatic hydroxyl groups is 1. The number of anilines is 1. The van der Waals surface area contributed by atoms with Crippen molar-refractivity contribution in [3.63, 3.8) is 0 Å². The summed E-state index contributed by atoms with van der Waals surface area (Å²) in [7, 11) is 1.46. The Hall–Kier alpha value is -3.38. The lowest BCUT2D eigenvalue weighted by Crippen LogP contribution is -2.35. The number of nitrogens with zero attached hydrogens (tertiary/aromatic N) is 2. The molecular weight excluding hydrogens is 420 g/mol. The number of rotatable bonds is 8. The number of aliphatic hydroxyl groups excluding tert-OH is 1. The summed E-state index contributed by atoms with van der Waals surface area (Å²) in [6, 6.07) is 9.75. The molecule has 0 aliphatic heterocycles. The van der Waals surface area contributed by atoms with Crippen LogP contribution in [0, 0.1) is 5.39 Å². The summed E-state index contributed by atoms with van der Waals surface area (Å²) in [5.41, 5.74) is -0.966. The molecular formula is C20H19ClF2N3O4+. The van der Waals surface area contributed by atoms with Crippen LogP contribution in [0.15, 0.2) is 60.0 Å². The molecule has 2 N–H and O–H groups in total. The fourth-order valence-corrected chi connectivity index (χ4v) is 2.70. The molecule has 0 heterocycles. The number of carbonyl (C=O) groups excluding carboxylic acids is 1. The Morgan fingerprint density at radius 2 is 1.83 bits per heavy atom. The highest BCUT2D eigenvalue weighted by Crippen LogP contribution is 2.41. The molecule has 0 amide bonds. The zero-order valence-corrected chi connectivity index (χ0v) is 16.9. The number of halogens is 3. The van der Waals surface area contributed by atoms with E-state index in [-0.39, 0.29) is 17.9 Å². The zero-order valence-electron chi connectivity index (χ0n) is 16.1. The van der Waals surface area contributed by atoms with Crippen molar-refractivity contribution < 1.29 is 28.2 Å². The third-order valence-electron chi connectivity index (χ3n) is 4.08. The molecule has 0 aliphatic rings. The normalized spacial score (nSPS) is 12.9. The van der Waals surface area contributed by atoms with Gasteiger partial charge in [-0.2, -0.15) is 8.78 Å². The molecule has 0 aromatic heterocycles. The average molecular weight is 439 g/mol. The highest BCUT2D eigenvalue weighted by Gasteiger charge is 2.52. The Labute approximate surface area is 176 Å². The molecule has 0 saturated carbocycles. The first-order chi connectivity index (χ1) is 14.2. The van der Waals surface area contributed by atoms with Crippen LogP contribution in [-0.4, -0.2) is 30.7 Å². The minimum Gasteiger partial charge on any atom is -0.500 e. The Bertz CT molecular complexity index is 958. The molecule has 0 saturated heterocycles. The molecule has 0 radical (unpaired) electrons. The molecule has 2 aromatic carbocycles. The van der Waals surface area contributed by atoms with Crippen LogP contribution in [0.2, 0.25) is 5.02 Å². The maximum absolute atomic E-state index is 15.3. The van der Waals surface area contributed by atoms with Gasteiger partial charge < -0.3 is 19.9 Å². The quantitative estimate of drug-likeness (QED) is 0.250. The topological polar surface area (TPSA) is 95.9 Å². The molecule has 0 bridgehead atoms. The number of nitrogens with one attached hydrogen (secondary N) is 1. The van der Waals surface area contributed by atoms with Gasteiger partial charge in [0.15, 0.2) is 4.98 Å². The van der Waals surface area contributed by atoms with Gasteiger partial charge >= 0.3 is 17.6 Å². The molecule has 2 aromatic rings. The van der Waals surface area contributed by atoms with Crippen molar-refractivity contribution in [2.24, 2.45) is 0 Å². The minimum atomic E-state index is -4.08. The first kappa shape index (κ1) is 22.9. The van der Waals surface area contributed by atoms with Crippen molar-refractivity contribution >= 4 is 23.3 Å². The van der Waals surface area contributed by atoms with Gasteiger partial charge in [0, 0.05) is 10.7 Å². The number of hydrogen-bond acceptors (Lipinski definition) is 6. The van der Waals surface area contributed by atoms with E-state index in [4.69, 9.17) is 21.7 Å². The summed E-state index contributed by atoms with van der Waals surface area (Å²) in [6.07, 6.45) is 0. The van der Waals surface area contributed by atoms with E-state index in [1.165, 1.54) is 50.4 Å². The van der Waals surface area contributed by atoms with Crippen LogP contribution in [-0.2, 0) is 9.53 Å². The molecule has 0 aliphatic carbocycles. The predicted octanol–water partition coefficient (Wildman–Crippen LogP) is 5.32. The number of diazo groups is 1. The zero-order chi connectivity index (χ0) is 22.3. The van der Waals surface area contributed by atoms with E-state index in [2.05, 4.69) is 15.0 Å². The van der Waals surface area contributed by atoms with Gasteiger partial charge in [0.25, 0.3) is 5.76 Å². The second-order valence-corrected chi connectivity index (χ2v) is 6.43. The molecule has 1 unspecified atom stereocenters. The lowest BCUT2D eigenvalue weighted by molar-refractivity contribution is -0.139. The van der Waals surface area contributed by atoms with Crippen LogP contribution in [0.1, 0.15) is 18.5 Å². The molecule has 1 atom stereocenters. The molecule has 2 rings (SSSR count). The molecule has 0 spiro atoms. The number of alkyl halides is 2. The third kappa shape index (κ3) is 5.15. The monoisotopic (exact) mass is 438 g/mol. The summed E-state index contributed by atoms with van der Waals surface area (Å²) < 4.78 is 40.3. The number of esters is 1. The first-order valence-electron chi connectivity index (χ1n) is 8.74. The highest BCUT2D eigenvalue weighted by molar-refractivity contribution is 6.30. The van der Waals surface area contributed by atoms with E-state index < -0.39 is 29.4 Å². The van der Waals surface area contributed by atoms with Gasteiger partial charge in [-0.25, -0.2) is 4.79 Å². The van der Waals surface area contributed by atoms with Crippen LogP contribution >= 0.6 is 11.6 Å². The summed E-state index contributed by atoms with van der Waals surface area (Å²) in [5, 5.41) is 22.1. The van der Waals surface area contributed by atoms with Crippen molar-refractivity contribution in [2.45, 2.75) is 18.9 Å². The second kappa shape index (κ2) is 9.89. The molecule has 158 valence electrons. The van der Waals surface area contributed by atoms with Crippen LogP contribution < -0.4 is 10.1 Å². The van der Waals surface area contributed by atoms with Crippen LogP contribution in [0.25, 0.3) is 4.98 Å². The average Bonchev–Trinajstić information content (AvgIpc) is 2.73. The Balaban J connectivity index is 2.54. The van der Waals surface area contributed by atoms with E-state index in [1.807, 2.05) is 0 Å². The summed E-state index contributed by atoms with van der Waals surface area (Å²) in [6.45, 7) is 1.27. The van der Waals surface area contributed by atoms with Gasteiger partial charge in [0.2, 0.25) is 5.39 Å². The molecule has 30 heavy (non-hydrogen) atoms. The van der Waals surface area contributed by atoms with Gasteiger partial charge in [0.05, 0.1) is 13.7 Å². The van der Waals surface area contributed by atoms with Crippen LogP contribution in [0.5, 0.6) is 5.75 Å². The fourth-order valence-electron chi connectivity index (χ4n) is 2.57. The number of hydrogen-bond donors (Lipinski definition) is 2. The van der Waals surface area contributed by atoms with Crippen molar-refractivity contribution in [2.75, 3.05) is 19.0 Å². The Morgan fingerprint density at radius 3 is 2.33 bits per heavy atom. The molecule has 7 nitrogen and oxygen atoms in total. The smallest absolute Gasteiger partial charge is 0.500 e. The van der Waals surface area contributed by atoms with E-state index in [9.17, 15) is 9.90 Å². The summed E-state index contributed by atoms with van der Waals surface area (Å²) >= 11 is 5.85. The first-order valence-corrected chi connectivity index (χ1v) is 9.12. The largest absolute Gasteiger partial charge is 0.511 e. The van der Waals surface area contributed by atoms with E-state index in [1.54, 1.807) is 12.1 Å². The standard InChI is InChI=1S/C20H18ClF2N3O4/c1-3-30-19(28)16(26-24)18(27)20(22,23)17(12-4-6-13(21)7-5-12)25-14-8-10-15(29-2)11-9-14/h4-11,17,25H,3H2,1-2H3/p+1. The van der Waals surface area contributed by atoms with Crippen molar-refractivity contribution in [3.05, 3.63) is 75.5 Å². The maximum Gasteiger partial charge on any atom is 0.511 e. The maximum atomic E-state index is 15.3. The van der Waals surface area contributed by atoms with Gasteiger partial charge in [-0.1, -0.05) is 23.7 Å². The number of carbonyl (C=O) groups is 1. The lowest BCUT2D eigenvalue weighted by atomic mass is 9.97. The van der Waals surface area contributed by atoms with Gasteiger partial charge in [-0.15, -0.1) is 0 Å². The number of ether oxygens (including phenoxy) is 2. The highest BCUT2D eigenvalue weighted by atomic mass is 35.5. The molecule has 10 heteroatoms.